The quantitative estimate of drug-likeness (QED) is 0.439. The summed E-state index contributed by atoms with van der Waals surface area (Å²) in [6.07, 6.45) is 0. The minimum absolute atomic E-state index is 0.0420. The van der Waals surface area contributed by atoms with Gasteiger partial charge in [-0.05, 0) is 22.3 Å². The number of carbonyl (C=O) groups excluding carboxylic acids is 2. The molecule has 34 heavy (non-hydrogen) atoms. The highest BCUT2D eigenvalue weighted by Gasteiger charge is 2.96. The smallest absolute Gasteiger partial charge is 0.175 e. The molecular weight excluding hydrogens is 420 g/mol. The van der Waals surface area contributed by atoms with E-state index in [2.05, 4.69) is 0 Å². The van der Waals surface area contributed by atoms with E-state index in [1.54, 1.807) is 0 Å². The van der Waals surface area contributed by atoms with Crippen LogP contribution in [0, 0.1) is 5.41 Å². The number of ketones is 2. The summed E-state index contributed by atoms with van der Waals surface area (Å²) in [5, 5.41) is 11.2. The standard InChI is InChI=1S/C31H22O3/c32-19-29-23-16-8-7-15-22(23)26-30(25-18-10-9-17-24(25)29,27(33)20-11-3-1-4-12-20)31(26,29)28(34)21-13-5-2-6-14-21/h1-18,26,32H,19H2/t26-,29+,30+,31-/m1/s1. The maximum absolute atomic E-state index is 14.6. The molecule has 3 aliphatic rings. The third kappa shape index (κ3) is 1.81. The van der Waals surface area contributed by atoms with Crippen LogP contribution in [0.5, 0.6) is 0 Å². The number of fused-ring (bicyclic) bond motifs is 7. The van der Waals surface area contributed by atoms with Crippen molar-refractivity contribution in [1.29, 1.82) is 0 Å². The Balaban J connectivity index is 1.62. The first-order valence-electron chi connectivity index (χ1n) is 11.7. The number of rotatable bonds is 5. The Bertz CT molecular complexity index is 1490. The predicted molar refractivity (Wildman–Crippen MR) is 129 cm³/mol. The van der Waals surface area contributed by atoms with Gasteiger partial charge in [0.15, 0.2) is 11.6 Å². The minimum Gasteiger partial charge on any atom is -0.395 e. The van der Waals surface area contributed by atoms with Crippen molar-refractivity contribution in [2.75, 3.05) is 6.61 Å². The van der Waals surface area contributed by atoms with Crippen LogP contribution in [0.4, 0.5) is 0 Å². The highest BCUT2D eigenvalue weighted by Crippen LogP contribution is 2.91. The molecule has 0 unspecified atom stereocenters. The van der Waals surface area contributed by atoms with Crippen molar-refractivity contribution in [3.63, 3.8) is 0 Å². The van der Waals surface area contributed by atoms with Gasteiger partial charge in [-0.3, -0.25) is 9.59 Å². The first-order valence-corrected chi connectivity index (χ1v) is 11.7. The second kappa shape index (κ2) is 6.40. The number of benzene rings is 4. The van der Waals surface area contributed by atoms with E-state index < -0.39 is 16.2 Å². The lowest BCUT2D eigenvalue weighted by molar-refractivity contribution is 0.0713. The van der Waals surface area contributed by atoms with Crippen LogP contribution in [-0.4, -0.2) is 23.3 Å². The Kier molecular flexibility index (Phi) is 3.69. The fraction of sp³-hybridized carbons (Fsp3) is 0.161. The van der Waals surface area contributed by atoms with Crippen molar-refractivity contribution in [3.8, 4) is 0 Å². The third-order valence-electron chi connectivity index (χ3n) is 8.65. The van der Waals surface area contributed by atoms with E-state index >= 15 is 0 Å². The molecule has 1 saturated carbocycles. The van der Waals surface area contributed by atoms with E-state index in [1.807, 2.05) is 109 Å². The molecule has 0 spiro atoms. The molecule has 164 valence electrons. The average Bonchev–Trinajstić information content (AvgIpc) is 3.40. The van der Waals surface area contributed by atoms with Crippen LogP contribution in [0.3, 0.4) is 0 Å². The Morgan fingerprint density at radius 3 is 1.74 bits per heavy atom. The van der Waals surface area contributed by atoms with Crippen LogP contribution >= 0.6 is 0 Å². The van der Waals surface area contributed by atoms with E-state index in [9.17, 15) is 14.7 Å². The Morgan fingerprint density at radius 1 is 0.618 bits per heavy atom. The van der Waals surface area contributed by atoms with Gasteiger partial charge in [-0.1, -0.05) is 109 Å². The number of hydrogen-bond acceptors (Lipinski definition) is 3. The highest BCUT2D eigenvalue weighted by molar-refractivity contribution is 6.22. The fourth-order valence-corrected chi connectivity index (χ4v) is 7.66. The van der Waals surface area contributed by atoms with Gasteiger partial charge in [0.25, 0.3) is 0 Å². The number of hydrogen-bond donors (Lipinski definition) is 1. The van der Waals surface area contributed by atoms with E-state index in [0.717, 1.165) is 22.3 Å². The molecule has 1 N–H and O–H groups in total. The first kappa shape index (κ1) is 19.6. The van der Waals surface area contributed by atoms with Crippen molar-refractivity contribution >= 4 is 11.6 Å². The molecule has 0 radical (unpaired) electrons. The zero-order chi connectivity index (χ0) is 23.1. The van der Waals surface area contributed by atoms with E-state index in [1.165, 1.54) is 0 Å². The summed E-state index contributed by atoms with van der Waals surface area (Å²) in [5.41, 5.74) is 1.80. The Morgan fingerprint density at radius 2 is 1.12 bits per heavy atom. The molecule has 0 aromatic heterocycles. The molecule has 0 saturated heterocycles. The molecule has 0 amide bonds. The Hall–Kier alpha value is -3.82. The molecule has 4 aromatic rings. The van der Waals surface area contributed by atoms with Crippen LogP contribution in [0.25, 0.3) is 0 Å². The fourth-order valence-electron chi connectivity index (χ4n) is 7.66. The lowest BCUT2D eigenvalue weighted by atomic mass is 9.65. The maximum Gasteiger partial charge on any atom is 0.175 e. The maximum atomic E-state index is 14.6. The van der Waals surface area contributed by atoms with Gasteiger partial charge >= 0.3 is 0 Å². The highest BCUT2D eigenvalue weighted by atomic mass is 16.3. The molecule has 7 rings (SSSR count). The summed E-state index contributed by atoms with van der Waals surface area (Å²) in [6, 6.07) is 34.4. The van der Waals surface area contributed by atoms with Gasteiger partial charge in [-0.25, -0.2) is 0 Å². The SMILES string of the molecule is O=C(c1ccccc1)[C@]12[C@@H]3c4ccccc4[C@@]1(CO)c1ccccc1[C@@]32C(=O)c1ccccc1. The number of aliphatic hydroxyl groups excluding tert-OH is 1. The van der Waals surface area contributed by atoms with Gasteiger partial charge in [0, 0.05) is 17.0 Å². The van der Waals surface area contributed by atoms with Crippen LogP contribution in [0.15, 0.2) is 109 Å². The monoisotopic (exact) mass is 442 g/mol. The van der Waals surface area contributed by atoms with Gasteiger partial charge in [0.2, 0.25) is 0 Å². The molecule has 1 fully saturated rings. The van der Waals surface area contributed by atoms with Gasteiger partial charge in [0.1, 0.15) is 0 Å². The van der Waals surface area contributed by atoms with Gasteiger partial charge < -0.3 is 5.11 Å². The minimum atomic E-state index is -1.10. The van der Waals surface area contributed by atoms with Gasteiger partial charge in [0.05, 0.1) is 22.9 Å². The average molecular weight is 443 g/mol. The molecule has 3 nitrogen and oxygen atoms in total. The van der Waals surface area contributed by atoms with E-state index in [0.29, 0.717) is 11.1 Å². The molecule has 3 aliphatic carbocycles. The summed E-state index contributed by atoms with van der Waals surface area (Å²) in [5.74, 6) is -0.429. The molecule has 3 heteroatoms. The number of Topliss-reactive ketones (excluding diaryl/α,β-unsaturated/α-hetero) is 2. The normalized spacial score (nSPS) is 29.1. The lowest BCUT2D eigenvalue weighted by Gasteiger charge is -2.36. The largest absolute Gasteiger partial charge is 0.395 e. The molecule has 4 atom stereocenters. The molecular formula is C31H22O3. The number of aliphatic hydroxyl groups is 1. The van der Waals surface area contributed by atoms with Crippen molar-refractivity contribution in [1.82, 2.24) is 0 Å². The first-order chi connectivity index (χ1) is 16.7. The molecule has 0 bridgehead atoms. The summed E-state index contributed by atoms with van der Waals surface area (Å²) in [6.45, 7) is -0.236. The van der Waals surface area contributed by atoms with Crippen LogP contribution in [-0.2, 0) is 10.8 Å². The topological polar surface area (TPSA) is 54.4 Å². The summed E-state index contributed by atoms with van der Waals surface area (Å²) >= 11 is 0. The second-order valence-electron chi connectivity index (χ2n) is 9.64. The molecule has 0 heterocycles. The third-order valence-corrected chi connectivity index (χ3v) is 8.65. The molecule has 0 aliphatic heterocycles. The van der Waals surface area contributed by atoms with Crippen LogP contribution in [0.1, 0.15) is 48.9 Å². The Labute approximate surface area is 197 Å². The van der Waals surface area contributed by atoms with Gasteiger partial charge in [-0.15, -0.1) is 0 Å². The zero-order valence-corrected chi connectivity index (χ0v) is 18.4. The summed E-state index contributed by atoms with van der Waals surface area (Å²) in [7, 11) is 0. The lowest BCUT2D eigenvalue weighted by Crippen LogP contribution is -2.45. The zero-order valence-electron chi connectivity index (χ0n) is 18.4. The van der Waals surface area contributed by atoms with Crippen molar-refractivity contribution in [2.45, 2.75) is 16.7 Å². The van der Waals surface area contributed by atoms with E-state index in [-0.39, 0.29) is 24.1 Å². The van der Waals surface area contributed by atoms with E-state index in [4.69, 9.17) is 0 Å². The second-order valence-corrected chi connectivity index (χ2v) is 9.64. The van der Waals surface area contributed by atoms with Gasteiger partial charge in [-0.2, -0.15) is 0 Å². The summed E-state index contributed by atoms with van der Waals surface area (Å²) < 4.78 is 0. The number of carbonyl (C=O) groups is 2. The summed E-state index contributed by atoms with van der Waals surface area (Å²) in [4.78, 5) is 29.2. The predicted octanol–water partition coefficient (Wildman–Crippen LogP) is 5.08. The van der Waals surface area contributed by atoms with Crippen molar-refractivity contribution < 1.29 is 14.7 Å². The van der Waals surface area contributed by atoms with Crippen molar-refractivity contribution in [3.05, 3.63) is 143 Å². The van der Waals surface area contributed by atoms with Crippen LogP contribution < -0.4 is 0 Å². The van der Waals surface area contributed by atoms with Crippen molar-refractivity contribution in [2.24, 2.45) is 5.41 Å². The van der Waals surface area contributed by atoms with Crippen LogP contribution in [0.2, 0.25) is 0 Å². The molecule has 4 aromatic carbocycles.